The molecule has 54 heavy (non-hydrogen) atoms. The van der Waals surface area contributed by atoms with E-state index in [9.17, 15) is 33.7 Å². The number of para-hydroxylation sites is 1. The van der Waals surface area contributed by atoms with E-state index in [0.717, 1.165) is 37.4 Å². The Morgan fingerprint density at radius 2 is 1.65 bits per heavy atom. The summed E-state index contributed by atoms with van der Waals surface area (Å²) in [5.41, 5.74) is 0.334. The molecule has 3 amide bonds. The quantitative estimate of drug-likeness (QED) is 0.0531. The Hall–Kier alpha value is -3.81. The van der Waals surface area contributed by atoms with Crippen molar-refractivity contribution in [2.24, 2.45) is 5.41 Å². The molecule has 0 aliphatic carbocycles. The van der Waals surface area contributed by atoms with Crippen molar-refractivity contribution in [3.8, 4) is 11.5 Å². The maximum absolute atomic E-state index is 14.7. The Bertz CT molecular complexity index is 1820. The van der Waals surface area contributed by atoms with Crippen LogP contribution in [0.1, 0.15) is 77.8 Å². The molecule has 0 saturated heterocycles. The number of nitrogens with one attached hydrogen (secondary N) is 2. The normalized spacial score (nSPS) is 15.6. The number of ether oxygens (including phenoxy) is 1. The average Bonchev–Trinajstić information content (AvgIpc) is 3.21. The fourth-order valence-electron chi connectivity index (χ4n) is 6.12. The van der Waals surface area contributed by atoms with Crippen LogP contribution in [0.15, 0.2) is 76.5 Å². The molecule has 15 heteroatoms. The second kappa shape index (κ2) is 19.7. The van der Waals surface area contributed by atoms with Crippen LogP contribution in [0, 0.1) is 5.41 Å². The molecule has 0 saturated carbocycles. The van der Waals surface area contributed by atoms with E-state index in [-0.39, 0.29) is 29.5 Å². The van der Waals surface area contributed by atoms with Crippen molar-refractivity contribution in [3.05, 3.63) is 72.3 Å². The number of amides is 3. The highest BCUT2D eigenvalue weighted by atomic mass is 32.2. The first kappa shape index (κ1) is 42.9. The molecule has 12 nitrogen and oxygen atoms in total. The van der Waals surface area contributed by atoms with Gasteiger partial charge in [-0.1, -0.05) is 69.9 Å². The lowest BCUT2D eigenvalue weighted by Gasteiger charge is -2.34. The zero-order valence-corrected chi connectivity index (χ0v) is 33.9. The Kier molecular flexibility index (Phi) is 15.6. The van der Waals surface area contributed by atoms with Gasteiger partial charge in [-0.15, -0.1) is 11.8 Å². The number of nitrogens with zero attached hydrogens (tertiary/aromatic N) is 1. The number of anilines is 2. The molecule has 292 valence electrons. The van der Waals surface area contributed by atoms with Gasteiger partial charge >= 0.3 is 7.60 Å². The lowest BCUT2D eigenvalue weighted by Crippen LogP contribution is -2.45. The van der Waals surface area contributed by atoms with Crippen molar-refractivity contribution in [3.63, 3.8) is 0 Å². The number of rotatable bonds is 19. The molecule has 3 aromatic carbocycles. The summed E-state index contributed by atoms with van der Waals surface area (Å²) in [4.78, 5) is 68.6. The Labute approximate surface area is 325 Å². The zero-order chi connectivity index (χ0) is 39.5. The van der Waals surface area contributed by atoms with Gasteiger partial charge in [-0.05, 0) is 86.7 Å². The number of hydrogen-bond acceptors (Lipinski definition) is 10. The first-order valence-electron chi connectivity index (χ1n) is 18.1. The van der Waals surface area contributed by atoms with Crippen LogP contribution < -0.4 is 20.3 Å². The first-order chi connectivity index (χ1) is 25.7. The van der Waals surface area contributed by atoms with Crippen LogP contribution in [0.4, 0.5) is 11.4 Å². The molecule has 4 rings (SSSR count). The standard InChI is InChI=1S/C39H50N3O9PS2/c1-6-8-19-39(20-9-7-2)37(46)42(28-13-11-10-12-14-28)30-23-33(53-5)31(24-32(30)54-38(39)47)50-25-34(44)41-35(27-15-17-29(43)18-16-27)36(45)40-21-22-52(48,49)51-26(3)4/h10-18,23-24,26,35,43H,6-9,19-22,25H2,1-5H3,(H,40,45)(H,41,44)(H,48,49)/t35-/m1/s1. The van der Waals surface area contributed by atoms with E-state index in [1.54, 1.807) is 24.8 Å². The summed E-state index contributed by atoms with van der Waals surface area (Å²) in [5, 5.41) is 14.8. The summed E-state index contributed by atoms with van der Waals surface area (Å²) in [6, 6.07) is 17.3. The Morgan fingerprint density at radius 1 is 1.00 bits per heavy atom. The van der Waals surface area contributed by atoms with Crippen LogP contribution in [-0.4, -0.2) is 64.5 Å². The molecule has 1 unspecified atom stereocenters. The number of benzene rings is 3. The van der Waals surface area contributed by atoms with Gasteiger partial charge in [-0.25, -0.2) is 0 Å². The van der Waals surface area contributed by atoms with Gasteiger partial charge in [0, 0.05) is 17.1 Å². The second-order valence-corrected chi connectivity index (χ2v) is 17.1. The van der Waals surface area contributed by atoms with Crippen molar-refractivity contribution >= 4 is 65.3 Å². The molecule has 1 aliphatic heterocycles. The van der Waals surface area contributed by atoms with E-state index in [0.29, 0.717) is 45.3 Å². The van der Waals surface area contributed by atoms with Crippen molar-refractivity contribution in [1.82, 2.24) is 10.6 Å². The van der Waals surface area contributed by atoms with Gasteiger partial charge in [0.05, 0.1) is 22.8 Å². The van der Waals surface area contributed by atoms with E-state index < -0.39 is 43.6 Å². The zero-order valence-electron chi connectivity index (χ0n) is 31.3. The molecular formula is C39H50N3O9PS2. The van der Waals surface area contributed by atoms with Gasteiger partial charge in [0.2, 0.25) is 16.9 Å². The number of carbonyl (C=O) groups is 4. The monoisotopic (exact) mass is 799 g/mol. The minimum atomic E-state index is -3.95. The molecule has 3 aromatic rings. The summed E-state index contributed by atoms with van der Waals surface area (Å²) >= 11 is 2.38. The maximum atomic E-state index is 14.7. The van der Waals surface area contributed by atoms with Crippen LogP contribution >= 0.6 is 31.1 Å². The molecule has 0 radical (unpaired) electrons. The molecule has 1 aliphatic rings. The van der Waals surface area contributed by atoms with Crippen LogP contribution in [0.25, 0.3) is 0 Å². The third-order valence-corrected chi connectivity index (χ3v) is 12.3. The van der Waals surface area contributed by atoms with Crippen molar-refractivity contribution in [2.75, 3.05) is 30.5 Å². The number of phenols is 1. The smallest absolute Gasteiger partial charge is 0.330 e. The van der Waals surface area contributed by atoms with Crippen molar-refractivity contribution in [1.29, 1.82) is 0 Å². The van der Waals surface area contributed by atoms with Gasteiger partial charge in [0.15, 0.2) is 6.61 Å². The minimum Gasteiger partial charge on any atom is -0.508 e. The molecule has 0 aromatic heterocycles. The van der Waals surface area contributed by atoms with Gasteiger partial charge < -0.3 is 29.9 Å². The number of thioether (sulfide) groups is 2. The Balaban J connectivity index is 1.62. The van der Waals surface area contributed by atoms with Gasteiger partial charge in [0.25, 0.3) is 5.91 Å². The molecule has 0 fully saturated rings. The summed E-state index contributed by atoms with van der Waals surface area (Å²) < 4.78 is 23.4. The lowest BCUT2D eigenvalue weighted by atomic mass is 9.77. The van der Waals surface area contributed by atoms with Gasteiger partial charge in [0.1, 0.15) is 23.0 Å². The maximum Gasteiger partial charge on any atom is 0.330 e. The number of carbonyl (C=O) groups excluding carboxylic acids is 4. The van der Waals surface area contributed by atoms with E-state index >= 15 is 0 Å². The van der Waals surface area contributed by atoms with Crippen LogP contribution in [-0.2, 0) is 28.3 Å². The average molecular weight is 800 g/mol. The number of fused-ring (bicyclic) bond motifs is 1. The Morgan fingerprint density at radius 3 is 2.24 bits per heavy atom. The third kappa shape index (κ3) is 10.9. The van der Waals surface area contributed by atoms with Crippen LogP contribution in [0.3, 0.4) is 0 Å². The van der Waals surface area contributed by atoms with Crippen molar-refractivity contribution < 1.29 is 43.0 Å². The lowest BCUT2D eigenvalue weighted by molar-refractivity contribution is -0.136. The molecule has 1 heterocycles. The number of hydrogen-bond donors (Lipinski definition) is 4. The van der Waals surface area contributed by atoms with E-state index in [2.05, 4.69) is 10.6 Å². The topological polar surface area (TPSA) is 172 Å². The summed E-state index contributed by atoms with van der Waals surface area (Å²) in [6.07, 6.45) is 5.00. The fraction of sp³-hybridized carbons (Fsp3) is 0.436. The highest BCUT2D eigenvalue weighted by Crippen LogP contribution is 2.51. The molecule has 0 bridgehead atoms. The second-order valence-electron chi connectivity index (χ2n) is 13.3. The van der Waals surface area contributed by atoms with Crippen LogP contribution in [0.5, 0.6) is 11.5 Å². The molecular weight excluding hydrogens is 750 g/mol. The fourth-order valence-corrected chi connectivity index (χ4v) is 8.93. The minimum absolute atomic E-state index is 0.0377. The highest BCUT2D eigenvalue weighted by Gasteiger charge is 2.50. The summed E-state index contributed by atoms with van der Waals surface area (Å²) in [7, 11) is -3.95. The summed E-state index contributed by atoms with van der Waals surface area (Å²) in [5.74, 6) is -1.27. The van der Waals surface area contributed by atoms with Crippen LogP contribution in [0.2, 0.25) is 0 Å². The van der Waals surface area contributed by atoms with Gasteiger partial charge in [-0.2, -0.15) is 0 Å². The van der Waals surface area contributed by atoms with E-state index in [1.807, 2.05) is 56.5 Å². The number of phenolic OH excluding ortho intramolecular Hbond substituents is 1. The molecule has 0 spiro atoms. The predicted octanol–water partition coefficient (Wildman–Crippen LogP) is 7.74. The SMILES string of the molecule is CCCCC1(CCCC)C(=O)Sc2cc(OCC(=O)N[C@@H](C(=O)NCCP(=O)(O)OC(C)C)c3ccc(O)cc3)c(SC)cc2N(c2ccccc2)C1=O. The van der Waals surface area contributed by atoms with E-state index in [4.69, 9.17) is 9.26 Å². The predicted molar refractivity (Wildman–Crippen MR) is 213 cm³/mol. The van der Waals surface area contributed by atoms with Gasteiger partial charge in [-0.3, -0.25) is 28.6 Å². The molecule has 4 N–H and O–H groups in total. The third-order valence-electron chi connectivity index (χ3n) is 8.84. The molecule has 2 atom stereocenters. The number of unbranched alkanes of at least 4 members (excludes halogenated alkanes) is 2. The first-order valence-corrected chi connectivity index (χ1v) is 21.9. The van der Waals surface area contributed by atoms with Crippen molar-refractivity contribution in [2.45, 2.75) is 88.2 Å². The summed E-state index contributed by atoms with van der Waals surface area (Å²) in [6.45, 7) is 6.64. The number of aromatic hydroxyl groups is 1. The van der Waals surface area contributed by atoms with E-state index in [1.165, 1.54) is 36.0 Å². The largest absolute Gasteiger partial charge is 0.508 e. The highest BCUT2D eigenvalue weighted by molar-refractivity contribution is 8.14.